The number of allylic oxidation sites excluding steroid dienone is 1. The summed E-state index contributed by atoms with van der Waals surface area (Å²) in [6.07, 6.45) is 2.11. The highest BCUT2D eigenvalue weighted by Gasteiger charge is 2.21. The van der Waals surface area contributed by atoms with Gasteiger partial charge in [-0.25, -0.2) is 0 Å². The largest absolute Gasteiger partial charge is 0.340 e. The SMILES string of the molecule is C=C(Cn1c2c(c3cc(Cl)ccc31)CCN(C)CC2)c1ccc(Cl)cc1. The normalized spacial score (nSPS) is 15.0. The fraction of sp³-hybridized carbons (Fsp3) is 0.273. The van der Waals surface area contributed by atoms with Gasteiger partial charge in [0.1, 0.15) is 0 Å². The Morgan fingerprint density at radius 2 is 1.69 bits per heavy atom. The molecule has 2 nitrogen and oxygen atoms in total. The minimum Gasteiger partial charge on any atom is -0.340 e. The molecule has 0 spiro atoms. The standard InChI is InChI=1S/C22H22Cl2N2/c1-15(16-3-5-17(23)6-4-16)14-26-21-8-7-18(24)13-20(21)19-9-11-25(2)12-10-22(19)26/h3-8,13H,1,9-12,14H2,2H3. The summed E-state index contributed by atoms with van der Waals surface area (Å²) in [5.74, 6) is 0. The van der Waals surface area contributed by atoms with Crippen molar-refractivity contribution in [2.75, 3.05) is 20.1 Å². The Labute approximate surface area is 164 Å². The predicted octanol–water partition coefficient (Wildman–Crippen LogP) is 5.69. The van der Waals surface area contributed by atoms with Gasteiger partial charge in [-0.15, -0.1) is 0 Å². The average molecular weight is 385 g/mol. The maximum atomic E-state index is 6.31. The molecule has 1 aromatic heterocycles. The van der Waals surface area contributed by atoms with E-state index in [0.717, 1.165) is 53.7 Å². The molecule has 1 aliphatic rings. The molecule has 0 bridgehead atoms. The smallest absolute Gasteiger partial charge is 0.0489 e. The van der Waals surface area contributed by atoms with Crippen LogP contribution in [0, 0.1) is 0 Å². The van der Waals surface area contributed by atoms with E-state index in [1.165, 1.54) is 22.2 Å². The zero-order valence-corrected chi connectivity index (χ0v) is 16.4. The Morgan fingerprint density at radius 3 is 2.46 bits per heavy atom. The third kappa shape index (κ3) is 3.29. The number of aromatic nitrogens is 1. The molecule has 0 radical (unpaired) electrons. The van der Waals surface area contributed by atoms with Crippen molar-refractivity contribution in [3.63, 3.8) is 0 Å². The van der Waals surface area contributed by atoms with Crippen LogP contribution in [-0.2, 0) is 19.4 Å². The maximum absolute atomic E-state index is 6.31. The van der Waals surface area contributed by atoms with Gasteiger partial charge in [0.2, 0.25) is 0 Å². The van der Waals surface area contributed by atoms with E-state index in [0.29, 0.717) is 0 Å². The van der Waals surface area contributed by atoms with Gasteiger partial charge in [-0.1, -0.05) is 41.9 Å². The maximum Gasteiger partial charge on any atom is 0.0489 e. The number of hydrogen-bond acceptors (Lipinski definition) is 1. The van der Waals surface area contributed by atoms with Crippen LogP contribution < -0.4 is 0 Å². The van der Waals surface area contributed by atoms with Gasteiger partial charge in [0.05, 0.1) is 0 Å². The topological polar surface area (TPSA) is 8.17 Å². The lowest BCUT2D eigenvalue weighted by Crippen LogP contribution is -2.21. The number of halogens is 2. The number of rotatable bonds is 3. The third-order valence-electron chi connectivity index (χ3n) is 5.32. The summed E-state index contributed by atoms with van der Waals surface area (Å²) < 4.78 is 2.43. The summed E-state index contributed by atoms with van der Waals surface area (Å²) in [4.78, 5) is 2.40. The fourth-order valence-corrected chi connectivity index (χ4v) is 4.17. The summed E-state index contributed by atoms with van der Waals surface area (Å²) in [5, 5.41) is 2.83. The van der Waals surface area contributed by atoms with Crippen molar-refractivity contribution in [2.45, 2.75) is 19.4 Å². The number of nitrogens with zero attached hydrogens (tertiary/aromatic N) is 2. The van der Waals surface area contributed by atoms with Gasteiger partial charge in [-0.3, -0.25) is 0 Å². The molecule has 1 aliphatic heterocycles. The van der Waals surface area contributed by atoms with Gasteiger partial charge < -0.3 is 9.47 Å². The molecule has 0 saturated carbocycles. The quantitative estimate of drug-likeness (QED) is 0.562. The molecule has 4 heteroatoms. The van der Waals surface area contributed by atoms with Crippen LogP contribution in [0.2, 0.25) is 10.0 Å². The lowest BCUT2D eigenvalue weighted by atomic mass is 10.1. The second kappa shape index (κ2) is 7.11. The highest BCUT2D eigenvalue weighted by molar-refractivity contribution is 6.31. The number of fused-ring (bicyclic) bond motifs is 3. The van der Waals surface area contributed by atoms with Crippen LogP contribution in [0.1, 0.15) is 16.8 Å². The van der Waals surface area contributed by atoms with Gasteiger partial charge in [0.15, 0.2) is 0 Å². The van der Waals surface area contributed by atoms with Gasteiger partial charge in [0, 0.05) is 52.7 Å². The molecule has 3 aromatic rings. The van der Waals surface area contributed by atoms with Crippen molar-refractivity contribution in [1.82, 2.24) is 9.47 Å². The molecule has 0 fully saturated rings. The summed E-state index contributed by atoms with van der Waals surface area (Å²) in [7, 11) is 2.19. The van der Waals surface area contributed by atoms with Crippen molar-refractivity contribution in [3.05, 3.63) is 75.9 Å². The van der Waals surface area contributed by atoms with Gasteiger partial charge >= 0.3 is 0 Å². The van der Waals surface area contributed by atoms with E-state index in [1.807, 2.05) is 30.3 Å². The molecular weight excluding hydrogens is 363 g/mol. The van der Waals surface area contributed by atoms with E-state index in [2.05, 4.69) is 35.2 Å². The molecule has 0 aliphatic carbocycles. The molecule has 0 N–H and O–H groups in total. The average Bonchev–Trinajstić information content (AvgIpc) is 2.76. The van der Waals surface area contributed by atoms with Crippen LogP contribution in [0.3, 0.4) is 0 Å². The predicted molar refractivity (Wildman–Crippen MR) is 112 cm³/mol. The Bertz CT molecular complexity index is 970. The Morgan fingerprint density at radius 1 is 1.00 bits per heavy atom. The van der Waals surface area contributed by atoms with Crippen LogP contribution in [-0.4, -0.2) is 29.6 Å². The fourth-order valence-electron chi connectivity index (χ4n) is 3.87. The number of benzene rings is 2. The molecule has 0 amide bonds. The lowest BCUT2D eigenvalue weighted by Gasteiger charge is -2.15. The number of hydrogen-bond donors (Lipinski definition) is 0. The summed E-state index contributed by atoms with van der Waals surface area (Å²) in [6, 6.07) is 14.2. The highest BCUT2D eigenvalue weighted by Crippen LogP contribution is 2.32. The van der Waals surface area contributed by atoms with E-state index in [4.69, 9.17) is 23.2 Å². The first-order valence-electron chi connectivity index (χ1n) is 8.94. The first kappa shape index (κ1) is 17.7. The van der Waals surface area contributed by atoms with Crippen LogP contribution in [0.25, 0.3) is 16.5 Å². The van der Waals surface area contributed by atoms with E-state index in [9.17, 15) is 0 Å². The minimum atomic E-state index is 0.750. The first-order valence-corrected chi connectivity index (χ1v) is 9.70. The van der Waals surface area contributed by atoms with Gasteiger partial charge in [-0.2, -0.15) is 0 Å². The molecule has 0 saturated heterocycles. The zero-order chi connectivity index (χ0) is 18.3. The van der Waals surface area contributed by atoms with Crippen molar-refractivity contribution >= 4 is 39.7 Å². The van der Waals surface area contributed by atoms with Crippen molar-refractivity contribution < 1.29 is 0 Å². The van der Waals surface area contributed by atoms with Crippen molar-refractivity contribution in [3.8, 4) is 0 Å². The summed E-state index contributed by atoms with van der Waals surface area (Å²) in [6.45, 7) is 7.27. The molecule has 2 heterocycles. The highest BCUT2D eigenvalue weighted by atomic mass is 35.5. The Balaban J connectivity index is 1.79. The second-order valence-corrected chi connectivity index (χ2v) is 7.96. The summed E-state index contributed by atoms with van der Waals surface area (Å²) >= 11 is 12.3. The molecular formula is C22H22Cl2N2. The molecule has 2 aromatic carbocycles. The molecule has 0 atom stereocenters. The van der Waals surface area contributed by atoms with Crippen molar-refractivity contribution in [1.29, 1.82) is 0 Å². The van der Waals surface area contributed by atoms with E-state index in [-0.39, 0.29) is 0 Å². The Kier molecular flexibility index (Phi) is 4.83. The molecule has 4 rings (SSSR count). The minimum absolute atomic E-state index is 0.750. The molecule has 134 valence electrons. The Hall–Kier alpha value is -1.74. The molecule has 0 unspecified atom stereocenters. The van der Waals surface area contributed by atoms with E-state index >= 15 is 0 Å². The van der Waals surface area contributed by atoms with Crippen LogP contribution in [0.15, 0.2) is 49.0 Å². The van der Waals surface area contributed by atoms with Gasteiger partial charge in [-0.05, 0) is 60.5 Å². The second-order valence-electron chi connectivity index (χ2n) is 7.09. The van der Waals surface area contributed by atoms with E-state index in [1.54, 1.807) is 0 Å². The van der Waals surface area contributed by atoms with Crippen LogP contribution in [0.5, 0.6) is 0 Å². The summed E-state index contributed by atoms with van der Waals surface area (Å²) in [5.41, 5.74) is 6.33. The third-order valence-corrected chi connectivity index (χ3v) is 5.81. The van der Waals surface area contributed by atoms with Gasteiger partial charge in [0.25, 0.3) is 0 Å². The van der Waals surface area contributed by atoms with E-state index < -0.39 is 0 Å². The van der Waals surface area contributed by atoms with Crippen molar-refractivity contribution in [2.24, 2.45) is 0 Å². The zero-order valence-electron chi connectivity index (χ0n) is 14.9. The lowest BCUT2D eigenvalue weighted by molar-refractivity contribution is 0.351. The van der Waals surface area contributed by atoms with Crippen LogP contribution in [0.4, 0.5) is 0 Å². The molecule has 26 heavy (non-hydrogen) atoms. The monoisotopic (exact) mass is 384 g/mol. The number of likely N-dealkylation sites (N-methyl/N-ethyl adjacent to an activating group) is 1. The van der Waals surface area contributed by atoms with Crippen LogP contribution >= 0.6 is 23.2 Å². The first-order chi connectivity index (χ1) is 12.5.